The Balaban J connectivity index is 1.73. The number of thiophene rings is 1. The van der Waals surface area contributed by atoms with E-state index in [9.17, 15) is 9.59 Å². The van der Waals surface area contributed by atoms with Gasteiger partial charge in [0.05, 0.1) is 18.3 Å². The Morgan fingerprint density at radius 1 is 1.38 bits per heavy atom. The number of carbonyl (C=O) groups is 1. The summed E-state index contributed by atoms with van der Waals surface area (Å²) < 4.78 is 11.7. The Morgan fingerprint density at radius 2 is 2.10 bits per heavy atom. The summed E-state index contributed by atoms with van der Waals surface area (Å²) in [4.78, 5) is 31.8. The summed E-state index contributed by atoms with van der Waals surface area (Å²) in [5.41, 5.74) is 1.39. The van der Waals surface area contributed by atoms with E-state index in [2.05, 4.69) is 31.1 Å². The molecule has 29 heavy (non-hydrogen) atoms. The van der Waals surface area contributed by atoms with Crippen LogP contribution in [0, 0.1) is 11.3 Å². The van der Waals surface area contributed by atoms with Gasteiger partial charge in [0.1, 0.15) is 4.83 Å². The van der Waals surface area contributed by atoms with Crippen LogP contribution in [0.4, 0.5) is 0 Å². The topological polar surface area (TPSA) is 82.5 Å². The molecule has 0 saturated heterocycles. The summed E-state index contributed by atoms with van der Waals surface area (Å²) in [5, 5.41) is 3.50. The normalized spacial score (nSPS) is 17.0. The van der Waals surface area contributed by atoms with Crippen LogP contribution in [0.1, 0.15) is 44.1 Å². The molecule has 3 rings (SSSR count). The second kappa shape index (κ2) is 8.93. The number of methoxy groups -OCH3 is 2. The van der Waals surface area contributed by atoms with Gasteiger partial charge >= 0.3 is 0 Å². The lowest BCUT2D eigenvalue weighted by Crippen LogP contribution is -2.35. The number of ether oxygens (including phenoxy) is 2. The molecule has 0 radical (unpaired) electrons. The van der Waals surface area contributed by atoms with Gasteiger partial charge in [0, 0.05) is 32.1 Å². The fraction of sp³-hybridized carbons (Fsp3) is 0.667. The van der Waals surface area contributed by atoms with Gasteiger partial charge in [0.25, 0.3) is 5.56 Å². The highest BCUT2D eigenvalue weighted by Crippen LogP contribution is 2.41. The zero-order valence-electron chi connectivity index (χ0n) is 17.9. The summed E-state index contributed by atoms with van der Waals surface area (Å²) in [6.45, 7) is 7.42. The molecule has 160 valence electrons. The fourth-order valence-electron chi connectivity index (χ4n) is 3.87. The van der Waals surface area contributed by atoms with Crippen LogP contribution < -0.4 is 10.9 Å². The van der Waals surface area contributed by atoms with E-state index < -0.39 is 6.29 Å². The highest BCUT2D eigenvalue weighted by Gasteiger charge is 2.31. The fourth-order valence-corrected chi connectivity index (χ4v) is 5.13. The smallest absolute Gasteiger partial charge is 0.262 e. The Labute approximate surface area is 175 Å². The average Bonchev–Trinajstić information content (AvgIpc) is 3.06. The molecule has 1 aliphatic rings. The number of hydrogen-bond acceptors (Lipinski definition) is 6. The molecule has 8 heteroatoms. The highest BCUT2D eigenvalue weighted by molar-refractivity contribution is 7.18. The van der Waals surface area contributed by atoms with E-state index in [0.717, 1.165) is 29.5 Å². The van der Waals surface area contributed by atoms with Crippen molar-refractivity contribution in [3.8, 4) is 0 Å². The van der Waals surface area contributed by atoms with Gasteiger partial charge in [-0.15, -0.1) is 11.3 Å². The lowest BCUT2D eigenvalue weighted by Gasteiger charge is -2.33. The van der Waals surface area contributed by atoms with Crippen molar-refractivity contribution in [2.75, 3.05) is 20.8 Å². The highest BCUT2D eigenvalue weighted by atomic mass is 32.1. The van der Waals surface area contributed by atoms with Crippen LogP contribution in [0.3, 0.4) is 0 Å². The number of aromatic nitrogens is 2. The van der Waals surface area contributed by atoms with E-state index >= 15 is 0 Å². The van der Waals surface area contributed by atoms with E-state index in [1.165, 1.54) is 24.7 Å². The molecule has 2 heterocycles. The summed E-state index contributed by atoms with van der Waals surface area (Å²) in [5.74, 6) is 0.466. The zero-order chi connectivity index (χ0) is 21.2. The Hall–Kier alpha value is -1.77. The SMILES string of the molecule is COC(CNC(=O)CCn1cnc2sc3c(c2c1=O)CCC(C(C)(C)C)C3)OC. The number of aryl methyl sites for hydroxylation is 2. The zero-order valence-corrected chi connectivity index (χ0v) is 18.7. The number of rotatable bonds is 7. The molecule has 1 aliphatic carbocycles. The van der Waals surface area contributed by atoms with E-state index in [1.54, 1.807) is 22.2 Å². The van der Waals surface area contributed by atoms with Crippen LogP contribution in [-0.2, 0) is 33.7 Å². The first-order chi connectivity index (χ1) is 13.7. The number of hydrogen-bond donors (Lipinski definition) is 1. The van der Waals surface area contributed by atoms with Crippen molar-refractivity contribution in [2.45, 2.75) is 59.3 Å². The molecule has 0 bridgehead atoms. The van der Waals surface area contributed by atoms with Crippen molar-refractivity contribution >= 4 is 27.5 Å². The molecule has 0 fully saturated rings. The maximum atomic E-state index is 13.1. The molecule has 1 N–H and O–H groups in total. The Bertz CT molecular complexity index is 924. The van der Waals surface area contributed by atoms with Crippen molar-refractivity contribution in [3.63, 3.8) is 0 Å². The van der Waals surface area contributed by atoms with E-state index in [0.29, 0.717) is 12.5 Å². The second-order valence-corrected chi connectivity index (χ2v) is 9.77. The molecule has 0 aromatic carbocycles. The molecule has 1 unspecified atom stereocenters. The first-order valence-corrected chi connectivity index (χ1v) is 10.9. The standard InChI is InChI=1S/C21H31N3O4S/c1-21(2,3)13-6-7-14-15(10-13)29-19-18(14)20(26)24(12-23-19)9-8-16(25)22-11-17(27-4)28-5/h12-13,17H,6-11H2,1-5H3,(H,22,25). The largest absolute Gasteiger partial charge is 0.354 e. The third-order valence-electron chi connectivity index (χ3n) is 5.83. The molecule has 7 nitrogen and oxygen atoms in total. The van der Waals surface area contributed by atoms with E-state index in [-0.39, 0.29) is 29.8 Å². The first kappa shape index (κ1) is 21.9. The minimum Gasteiger partial charge on any atom is -0.354 e. The number of fused-ring (bicyclic) bond motifs is 3. The third kappa shape index (κ3) is 4.87. The lowest BCUT2D eigenvalue weighted by molar-refractivity contribution is -0.127. The molecule has 2 aromatic heterocycles. The number of carbonyl (C=O) groups excluding carboxylic acids is 1. The van der Waals surface area contributed by atoms with Gasteiger partial charge < -0.3 is 14.8 Å². The number of nitrogens with one attached hydrogen (secondary N) is 1. The predicted molar refractivity (Wildman–Crippen MR) is 114 cm³/mol. The van der Waals surface area contributed by atoms with Crippen LogP contribution in [-0.4, -0.2) is 42.5 Å². The quantitative estimate of drug-likeness (QED) is 0.695. The molecular weight excluding hydrogens is 390 g/mol. The van der Waals surface area contributed by atoms with Crippen molar-refractivity contribution in [3.05, 3.63) is 27.1 Å². The molecule has 0 spiro atoms. The molecule has 0 saturated carbocycles. The Morgan fingerprint density at radius 3 is 2.76 bits per heavy atom. The first-order valence-electron chi connectivity index (χ1n) is 10.1. The van der Waals surface area contributed by atoms with Crippen LogP contribution in [0.25, 0.3) is 10.2 Å². The van der Waals surface area contributed by atoms with Crippen molar-refractivity contribution < 1.29 is 14.3 Å². The minimum atomic E-state index is -0.478. The van der Waals surface area contributed by atoms with E-state index in [1.807, 2.05) is 0 Å². The maximum absolute atomic E-state index is 13.1. The van der Waals surface area contributed by atoms with Gasteiger partial charge in [-0.1, -0.05) is 20.8 Å². The van der Waals surface area contributed by atoms with Gasteiger partial charge in [0.15, 0.2) is 6.29 Å². The molecular formula is C21H31N3O4S. The summed E-state index contributed by atoms with van der Waals surface area (Å²) in [6, 6.07) is 0. The Kier molecular flexibility index (Phi) is 6.76. The molecule has 0 aliphatic heterocycles. The van der Waals surface area contributed by atoms with Gasteiger partial charge in [-0.25, -0.2) is 4.98 Å². The number of nitrogens with zero attached hydrogens (tertiary/aromatic N) is 2. The third-order valence-corrected chi connectivity index (χ3v) is 6.99. The summed E-state index contributed by atoms with van der Waals surface area (Å²) in [7, 11) is 3.04. The lowest BCUT2D eigenvalue weighted by atomic mass is 9.72. The van der Waals surface area contributed by atoms with Crippen molar-refractivity contribution in [2.24, 2.45) is 11.3 Å². The van der Waals surface area contributed by atoms with Crippen LogP contribution in [0.2, 0.25) is 0 Å². The van der Waals surface area contributed by atoms with Crippen molar-refractivity contribution in [1.82, 2.24) is 14.9 Å². The average molecular weight is 422 g/mol. The maximum Gasteiger partial charge on any atom is 0.262 e. The van der Waals surface area contributed by atoms with Crippen LogP contribution >= 0.6 is 11.3 Å². The van der Waals surface area contributed by atoms with Gasteiger partial charge in [-0.05, 0) is 36.2 Å². The van der Waals surface area contributed by atoms with Crippen LogP contribution in [0.5, 0.6) is 0 Å². The van der Waals surface area contributed by atoms with Gasteiger partial charge in [-0.3, -0.25) is 14.2 Å². The van der Waals surface area contributed by atoms with Crippen LogP contribution in [0.15, 0.2) is 11.1 Å². The monoisotopic (exact) mass is 421 g/mol. The second-order valence-electron chi connectivity index (χ2n) is 8.69. The predicted octanol–water partition coefficient (Wildman–Crippen LogP) is 2.73. The van der Waals surface area contributed by atoms with Gasteiger partial charge in [-0.2, -0.15) is 0 Å². The van der Waals surface area contributed by atoms with Crippen molar-refractivity contribution in [1.29, 1.82) is 0 Å². The minimum absolute atomic E-state index is 0.0406. The van der Waals surface area contributed by atoms with Gasteiger partial charge in [0.2, 0.25) is 5.91 Å². The summed E-state index contributed by atoms with van der Waals surface area (Å²) in [6.07, 6.45) is 4.32. The molecule has 2 aromatic rings. The molecule has 1 atom stereocenters. The number of amides is 1. The summed E-state index contributed by atoms with van der Waals surface area (Å²) >= 11 is 1.65. The van der Waals surface area contributed by atoms with E-state index in [4.69, 9.17) is 9.47 Å². The molecule has 1 amide bonds.